The summed E-state index contributed by atoms with van der Waals surface area (Å²) >= 11 is 1.55. The Hall–Kier alpha value is -2.53. The van der Waals surface area contributed by atoms with Crippen molar-refractivity contribution < 1.29 is 4.39 Å². The second-order valence-electron chi connectivity index (χ2n) is 4.71. The number of aromatic nitrogens is 1. The molecule has 3 nitrogen and oxygen atoms in total. The smallest absolute Gasteiger partial charge is 0.204 e. The van der Waals surface area contributed by atoms with E-state index in [1.165, 1.54) is 12.1 Å². The van der Waals surface area contributed by atoms with Crippen molar-refractivity contribution in [1.82, 2.24) is 4.98 Å². The first kappa shape index (κ1) is 14.4. The second kappa shape index (κ2) is 6.49. The van der Waals surface area contributed by atoms with E-state index in [0.29, 0.717) is 0 Å². The lowest BCUT2D eigenvalue weighted by Crippen LogP contribution is -1.90. The summed E-state index contributed by atoms with van der Waals surface area (Å²) in [6, 6.07) is 16.2. The topological polar surface area (TPSA) is 37.3 Å². The van der Waals surface area contributed by atoms with Crippen LogP contribution in [0, 0.1) is 12.7 Å². The molecule has 0 saturated carbocycles. The number of hydrazone groups is 1. The molecule has 0 aliphatic rings. The summed E-state index contributed by atoms with van der Waals surface area (Å²) in [6.45, 7) is 2.04. The van der Waals surface area contributed by atoms with Gasteiger partial charge < -0.3 is 0 Å². The zero-order valence-corrected chi connectivity index (χ0v) is 12.8. The number of benzene rings is 2. The molecule has 1 heterocycles. The summed E-state index contributed by atoms with van der Waals surface area (Å²) in [6.07, 6.45) is 1.64. The van der Waals surface area contributed by atoms with Crippen molar-refractivity contribution in [3.05, 3.63) is 70.9 Å². The predicted molar refractivity (Wildman–Crippen MR) is 89.9 cm³/mol. The van der Waals surface area contributed by atoms with Gasteiger partial charge >= 0.3 is 0 Å². The maximum atomic E-state index is 12.8. The van der Waals surface area contributed by atoms with Gasteiger partial charge in [0.25, 0.3) is 0 Å². The average molecular weight is 311 g/mol. The third-order valence-corrected chi connectivity index (χ3v) is 3.96. The summed E-state index contributed by atoms with van der Waals surface area (Å²) in [4.78, 5) is 5.69. The number of hydrogen-bond donors (Lipinski definition) is 1. The van der Waals surface area contributed by atoms with Crippen molar-refractivity contribution in [2.75, 3.05) is 5.43 Å². The Labute approximate surface area is 132 Å². The molecule has 0 unspecified atom stereocenters. The molecule has 5 heteroatoms. The van der Waals surface area contributed by atoms with E-state index in [1.807, 2.05) is 37.3 Å². The van der Waals surface area contributed by atoms with E-state index in [4.69, 9.17) is 0 Å². The van der Waals surface area contributed by atoms with Crippen molar-refractivity contribution in [1.29, 1.82) is 0 Å². The summed E-state index contributed by atoms with van der Waals surface area (Å²) in [5, 5.41) is 4.87. The molecule has 0 aliphatic heterocycles. The Morgan fingerprint density at radius 3 is 2.55 bits per heavy atom. The summed E-state index contributed by atoms with van der Waals surface area (Å²) in [5.74, 6) is -0.256. The quantitative estimate of drug-likeness (QED) is 0.560. The Bertz CT molecular complexity index is 779. The fraction of sp³-hybridized carbons (Fsp3) is 0.0588. The van der Waals surface area contributed by atoms with Crippen molar-refractivity contribution in [3.63, 3.8) is 0 Å². The number of thiazole rings is 1. The van der Waals surface area contributed by atoms with Gasteiger partial charge in [0, 0.05) is 10.4 Å². The van der Waals surface area contributed by atoms with Gasteiger partial charge in [-0.1, -0.05) is 42.5 Å². The van der Waals surface area contributed by atoms with Gasteiger partial charge in [0.15, 0.2) is 0 Å². The molecule has 3 rings (SSSR count). The zero-order valence-electron chi connectivity index (χ0n) is 12.0. The Morgan fingerprint density at radius 1 is 1.09 bits per heavy atom. The molecule has 0 bridgehead atoms. The van der Waals surface area contributed by atoms with E-state index in [1.54, 1.807) is 29.7 Å². The number of aryl methyl sites for hydroxylation is 1. The SMILES string of the molecule is Cc1sc(N/N=C/c2ccc(F)cc2)nc1-c1ccccc1. The van der Waals surface area contributed by atoms with Crippen LogP contribution >= 0.6 is 11.3 Å². The zero-order chi connectivity index (χ0) is 15.4. The highest BCUT2D eigenvalue weighted by molar-refractivity contribution is 7.15. The lowest BCUT2D eigenvalue weighted by molar-refractivity contribution is 0.628. The molecule has 0 spiro atoms. The van der Waals surface area contributed by atoms with Gasteiger partial charge in [-0.3, -0.25) is 5.43 Å². The van der Waals surface area contributed by atoms with Crippen LogP contribution in [0.15, 0.2) is 59.7 Å². The minimum Gasteiger partial charge on any atom is -0.253 e. The van der Waals surface area contributed by atoms with E-state index in [-0.39, 0.29) is 5.82 Å². The van der Waals surface area contributed by atoms with E-state index in [2.05, 4.69) is 15.5 Å². The fourth-order valence-corrected chi connectivity index (χ4v) is 2.80. The average Bonchev–Trinajstić information content (AvgIpc) is 2.91. The lowest BCUT2D eigenvalue weighted by Gasteiger charge is -1.97. The standard InChI is InChI=1S/C17H14FN3S/c1-12-16(14-5-3-2-4-6-14)20-17(22-12)21-19-11-13-7-9-15(18)10-8-13/h2-11H,1H3,(H,20,21)/b19-11+. The first-order valence-electron chi connectivity index (χ1n) is 6.80. The van der Waals surface area contributed by atoms with Crippen LogP contribution < -0.4 is 5.43 Å². The van der Waals surface area contributed by atoms with Crippen LogP contribution in [-0.2, 0) is 0 Å². The minimum absolute atomic E-state index is 0.256. The third-order valence-electron chi connectivity index (χ3n) is 3.09. The molecule has 0 saturated heterocycles. The van der Waals surface area contributed by atoms with E-state index in [9.17, 15) is 4.39 Å². The van der Waals surface area contributed by atoms with Crippen LogP contribution in [0.5, 0.6) is 0 Å². The highest BCUT2D eigenvalue weighted by Gasteiger charge is 2.08. The molecule has 1 N–H and O–H groups in total. The van der Waals surface area contributed by atoms with Gasteiger partial charge in [-0.2, -0.15) is 5.10 Å². The van der Waals surface area contributed by atoms with Crippen molar-refractivity contribution in [2.24, 2.45) is 5.10 Å². The molecule has 2 aromatic carbocycles. The molecule has 0 radical (unpaired) electrons. The van der Waals surface area contributed by atoms with Crippen LogP contribution in [0.25, 0.3) is 11.3 Å². The molecular formula is C17H14FN3S. The van der Waals surface area contributed by atoms with Gasteiger partial charge in [0.1, 0.15) is 5.82 Å². The lowest BCUT2D eigenvalue weighted by atomic mass is 10.1. The molecule has 3 aromatic rings. The second-order valence-corrected chi connectivity index (χ2v) is 5.91. The van der Waals surface area contributed by atoms with E-state index < -0.39 is 0 Å². The van der Waals surface area contributed by atoms with Crippen LogP contribution in [-0.4, -0.2) is 11.2 Å². The number of halogens is 1. The van der Waals surface area contributed by atoms with Crippen molar-refractivity contribution >= 4 is 22.7 Å². The van der Waals surface area contributed by atoms with Gasteiger partial charge in [-0.15, -0.1) is 11.3 Å². The van der Waals surface area contributed by atoms with Gasteiger partial charge in [-0.05, 0) is 24.6 Å². The predicted octanol–water partition coefficient (Wildman–Crippen LogP) is 4.70. The van der Waals surface area contributed by atoms with Crippen molar-refractivity contribution in [2.45, 2.75) is 6.92 Å². The summed E-state index contributed by atoms with van der Waals surface area (Å²) < 4.78 is 12.8. The van der Waals surface area contributed by atoms with Gasteiger partial charge in [0.05, 0.1) is 11.9 Å². The van der Waals surface area contributed by atoms with Gasteiger partial charge in [0.2, 0.25) is 5.13 Å². The van der Waals surface area contributed by atoms with Crippen LogP contribution in [0.4, 0.5) is 9.52 Å². The number of anilines is 1. The van der Waals surface area contributed by atoms with Crippen LogP contribution in [0.1, 0.15) is 10.4 Å². The Morgan fingerprint density at radius 2 is 1.82 bits per heavy atom. The molecule has 1 aromatic heterocycles. The normalized spacial score (nSPS) is 11.0. The maximum absolute atomic E-state index is 12.8. The first-order chi connectivity index (χ1) is 10.7. The molecular weight excluding hydrogens is 297 g/mol. The number of rotatable bonds is 4. The highest BCUT2D eigenvalue weighted by atomic mass is 32.1. The highest BCUT2D eigenvalue weighted by Crippen LogP contribution is 2.30. The molecule has 0 amide bonds. The fourth-order valence-electron chi connectivity index (χ4n) is 2.02. The minimum atomic E-state index is -0.256. The monoisotopic (exact) mass is 311 g/mol. The van der Waals surface area contributed by atoms with Gasteiger partial charge in [-0.25, -0.2) is 9.37 Å². The molecule has 0 aliphatic carbocycles. The van der Waals surface area contributed by atoms with Crippen LogP contribution in [0.3, 0.4) is 0 Å². The third kappa shape index (κ3) is 3.38. The first-order valence-corrected chi connectivity index (χ1v) is 7.61. The number of nitrogens with zero attached hydrogens (tertiary/aromatic N) is 2. The van der Waals surface area contributed by atoms with Crippen LogP contribution in [0.2, 0.25) is 0 Å². The van der Waals surface area contributed by atoms with E-state index in [0.717, 1.165) is 26.8 Å². The maximum Gasteiger partial charge on any atom is 0.204 e. The van der Waals surface area contributed by atoms with E-state index >= 15 is 0 Å². The largest absolute Gasteiger partial charge is 0.253 e. The molecule has 0 fully saturated rings. The number of hydrogen-bond acceptors (Lipinski definition) is 4. The molecule has 110 valence electrons. The molecule has 22 heavy (non-hydrogen) atoms. The van der Waals surface area contributed by atoms with Crippen molar-refractivity contribution in [3.8, 4) is 11.3 Å². The number of nitrogens with one attached hydrogen (secondary N) is 1. The molecule has 0 atom stereocenters. The summed E-state index contributed by atoms with van der Waals surface area (Å²) in [5.41, 5.74) is 5.80. The summed E-state index contributed by atoms with van der Waals surface area (Å²) in [7, 11) is 0. The Kier molecular flexibility index (Phi) is 4.25. The Balaban J connectivity index is 1.73.